The number of aliphatic imine (C=N–C) groups is 1. The second-order valence-electron chi connectivity index (χ2n) is 6.66. The Bertz CT molecular complexity index is 664. The first-order valence-electron chi connectivity index (χ1n) is 8.06. The molecule has 0 aliphatic carbocycles. The maximum Gasteiger partial charge on any atom is 0.194 e. The summed E-state index contributed by atoms with van der Waals surface area (Å²) in [5, 5.41) is 3.28. The molecule has 5 nitrogen and oxygen atoms in total. The van der Waals surface area contributed by atoms with Gasteiger partial charge < -0.3 is 10.2 Å². The van der Waals surface area contributed by atoms with Gasteiger partial charge in [-0.3, -0.25) is 0 Å². The van der Waals surface area contributed by atoms with E-state index in [9.17, 15) is 8.42 Å². The first-order chi connectivity index (χ1) is 10.7. The lowest BCUT2D eigenvalue weighted by molar-refractivity contribution is 0.353. The van der Waals surface area contributed by atoms with Gasteiger partial charge >= 0.3 is 0 Å². The quantitative estimate of drug-likeness (QED) is 0.677. The van der Waals surface area contributed by atoms with Crippen molar-refractivity contribution in [3.05, 3.63) is 35.4 Å². The van der Waals surface area contributed by atoms with E-state index in [1.807, 2.05) is 6.92 Å². The summed E-state index contributed by atoms with van der Waals surface area (Å²) in [6.07, 6.45) is 0. The molecule has 6 heteroatoms. The first kappa shape index (κ1) is 17.8. The van der Waals surface area contributed by atoms with Gasteiger partial charge in [0.05, 0.1) is 17.0 Å². The predicted octanol–water partition coefficient (Wildman–Crippen LogP) is 1.97. The number of hydrogen-bond donors (Lipinski definition) is 1. The van der Waals surface area contributed by atoms with Crippen LogP contribution in [0.25, 0.3) is 0 Å². The highest BCUT2D eigenvalue weighted by atomic mass is 32.2. The lowest BCUT2D eigenvalue weighted by Crippen LogP contribution is -2.57. The van der Waals surface area contributed by atoms with E-state index >= 15 is 0 Å². The van der Waals surface area contributed by atoms with Gasteiger partial charge in [-0.1, -0.05) is 29.8 Å². The van der Waals surface area contributed by atoms with E-state index < -0.39 is 14.6 Å². The zero-order chi connectivity index (χ0) is 17.1. The van der Waals surface area contributed by atoms with Crippen LogP contribution in [0.2, 0.25) is 0 Å². The number of sulfone groups is 1. The average Bonchev–Trinajstić information content (AvgIpc) is 2.48. The van der Waals surface area contributed by atoms with Crippen molar-refractivity contribution < 1.29 is 8.42 Å². The fraction of sp³-hybridized carbons (Fsp3) is 0.588. The van der Waals surface area contributed by atoms with Crippen molar-refractivity contribution in [3.8, 4) is 0 Å². The molecule has 0 spiro atoms. The van der Waals surface area contributed by atoms with Crippen molar-refractivity contribution in [2.24, 2.45) is 4.99 Å². The summed E-state index contributed by atoms with van der Waals surface area (Å²) in [4.78, 5) is 6.74. The van der Waals surface area contributed by atoms with Crippen LogP contribution in [-0.4, -0.2) is 49.4 Å². The molecule has 0 aromatic heterocycles. The predicted molar refractivity (Wildman–Crippen MR) is 95.4 cm³/mol. The smallest absolute Gasteiger partial charge is 0.194 e. The number of rotatable bonds is 3. The van der Waals surface area contributed by atoms with Crippen molar-refractivity contribution in [2.45, 2.75) is 39.0 Å². The van der Waals surface area contributed by atoms with Crippen LogP contribution >= 0.6 is 0 Å². The second-order valence-corrected chi connectivity index (χ2v) is 9.40. The highest BCUT2D eigenvalue weighted by Crippen LogP contribution is 2.23. The van der Waals surface area contributed by atoms with Crippen LogP contribution in [0.1, 0.15) is 31.9 Å². The number of nitrogens with zero attached hydrogens (tertiary/aromatic N) is 2. The molecule has 0 unspecified atom stereocenters. The Kier molecular flexibility index (Phi) is 5.34. The molecule has 1 heterocycles. The van der Waals surface area contributed by atoms with Crippen molar-refractivity contribution in [3.63, 3.8) is 0 Å². The maximum absolute atomic E-state index is 12.2. The summed E-state index contributed by atoms with van der Waals surface area (Å²) >= 11 is 0. The minimum Gasteiger partial charge on any atom is -0.357 e. The molecule has 0 saturated carbocycles. The molecule has 128 valence electrons. The van der Waals surface area contributed by atoms with E-state index in [0.29, 0.717) is 19.6 Å². The van der Waals surface area contributed by atoms with Crippen LogP contribution in [0, 0.1) is 6.92 Å². The van der Waals surface area contributed by atoms with Crippen LogP contribution in [0.4, 0.5) is 0 Å². The molecular weight excluding hydrogens is 310 g/mol. The standard InChI is InChI=1S/C17H27N3O2S/c1-5-18-16(19-12-15-8-6-14(2)7-9-15)20-10-11-23(21,22)17(3,4)13-20/h6-9H,5,10-13H2,1-4H3,(H,18,19). The van der Waals surface area contributed by atoms with Gasteiger partial charge in [-0.15, -0.1) is 0 Å². The van der Waals surface area contributed by atoms with Crippen LogP contribution in [-0.2, 0) is 16.4 Å². The van der Waals surface area contributed by atoms with Gasteiger partial charge in [0.25, 0.3) is 0 Å². The zero-order valence-corrected chi connectivity index (χ0v) is 15.3. The highest BCUT2D eigenvalue weighted by Gasteiger charge is 2.40. The van der Waals surface area contributed by atoms with E-state index in [-0.39, 0.29) is 5.75 Å². The molecule has 1 aromatic carbocycles. The molecule has 1 aliphatic heterocycles. The van der Waals surface area contributed by atoms with E-state index in [4.69, 9.17) is 0 Å². The Balaban J connectivity index is 2.15. The van der Waals surface area contributed by atoms with Gasteiger partial charge in [-0.05, 0) is 33.3 Å². The van der Waals surface area contributed by atoms with E-state index in [2.05, 4.69) is 46.4 Å². The lowest BCUT2D eigenvalue weighted by atomic mass is 10.1. The number of hydrogen-bond acceptors (Lipinski definition) is 3. The Hall–Kier alpha value is -1.56. The third kappa shape index (κ3) is 4.25. The largest absolute Gasteiger partial charge is 0.357 e. The van der Waals surface area contributed by atoms with Crippen LogP contribution in [0.5, 0.6) is 0 Å². The second kappa shape index (κ2) is 6.91. The molecule has 1 aromatic rings. The average molecular weight is 337 g/mol. The van der Waals surface area contributed by atoms with Crippen molar-refractivity contribution in [1.82, 2.24) is 10.2 Å². The molecule has 0 bridgehead atoms. The molecule has 1 fully saturated rings. The summed E-state index contributed by atoms with van der Waals surface area (Å²) < 4.78 is 23.6. The third-order valence-corrected chi connectivity index (χ3v) is 6.74. The Morgan fingerprint density at radius 1 is 1.30 bits per heavy atom. The molecule has 1 N–H and O–H groups in total. The highest BCUT2D eigenvalue weighted by molar-refractivity contribution is 7.92. The number of aryl methyl sites for hydroxylation is 1. The molecule has 0 amide bonds. The SMILES string of the molecule is CCNC(=NCc1ccc(C)cc1)N1CCS(=O)(=O)C(C)(C)C1. The van der Waals surface area contributed by atoms with Gasteiger partial charge in [-0.25, -0.2) is 13.4 Å². The third-order valence-electron chi connectivity index (χ3n) is 4.21. The Morgan fingerprint density at radius 2 is 1.96 bits per heavy atom. The summed E-state index contributed by atoms with van der Waals surface area (Å²) in [5.74, 6) is 0.964. The minimum atomic E-state index is -3.04. The van der Waals surface area contributed by atoms with Crippen molar-refractivity contribution in [2.75, 3.05) is 25.4 Å². The Morgan fingerprint density at radius 3 is 2.52 bits per heavy atom. The van der Waals surface area contributed by atoms with Crippen LogP contribution in [0.3, 0.4) is 0 Å². The fourth-order valence-electron chi connectivity index (χ4n) is 2.61. The first-order valence-corrected chi connectivity index (χ1v) is 9.71. The van der Waals surface area contributed by atoms with Gasteiger partial charge in [0, 0.05) is 19.6 Å². The molecule has 0 radical (unpaired) electrons. The van der Waals surface area contributed by atoms with E-state index in [0.717, 1.165) is 18.1 Å². The van der Waals surface area contributed by atoms with Crippen molar-refractivity contribution in [1.29, 1.82) is 0 Å². The normalized spacial score (nSPS) is 20.3. The Labute approximate surface area is 139 Å². The van der Waals surface area contributed by atoms with Gasteiger partial charge in [0.15, 0.2) is 15.8 Å². The fourth-order valence-corrected chi connectivity index (χ4v) is 3.98. The lowest BCUT2D eigenvalue weighted by Gasteiger charge is -2.39. The summed E-state index contributed by atoms with van der Waals surface area (Å²) in [6.45, 7) is 9.97. The summed E-state index contributed by atoms with van der Waals surface area (Å²) in [5.41, 5.74) is 2.38. The topological polar surface area (TPSA) is 61.8 Å². The summed E-state index contributed by atoms with van der Waals surface area (Å²) in [6, 6.07) is 8.31. The van der Waals surface area contributed by atoms with E-state index in [1.165, 1.54) is 5.56 Å². The van der Waals surface area contributed by atoms with Crippen molar-refractivity contribution >= 4 is 15.8 Å². The molecule has 1 saturated heterocycles. The molecule has 23 heavy (non-hydrogen) atoms. The number of guanidine groups is 1. The molecular formula is C17H27N3O2S. The minimum absolute atomic E-state index is 0.176. The monoisotopic (exact) mass is 337 g/mol. The number of benzene rings is 1. The van der Waals surface area contributed by atoms with Gasteiger partial charge in [-0.2, -0.15) is 0 Å². The molecule has 2 rings (SSSR count). The van der Waals surface area contributed by atoms with Crippen LogP contribution in [0.15, 0.2) is 29.3 Å². The molecule has 0 atom stereocenters. The zero-order valence-electron chi connectivity index (χ0n) is 14.5. The summed E-state index contributed by atoms with van der Waals surface area (Å²) in [7, 11) is -3.04. The van der Waals surface area contributed by atoms with Gasteiger partial charge in [0.1, 0.15) is 0 Å². The molecule has 1 aliphatic rings. The number of nitrogens with one attached hydrogen (secondary N) is 1. The maximum atomic E-state index is 12.2. The van der Waals surface area contributed by atoms with E-state index in [1.54, 1.807) is 13.8 Å². The van der Waals surface area contributed by atoms with Gasteiger partial charge in [0.2, 0.25) is 0 Å². The van der Waals surface area contributed by atoms with Crippen LogP contribution < -0.4 is 5.32 Å².